The molecule has 7 heteroatoms. The SMILES string of the molecule is COc1cccc2c(C)cc(N3CCN(C(=O)C4CC(=O)N(C(C)c5ccccc5)C4)CC3)nc12. The number of hydrogen-bond donors (Lipinski definition) is 0. The van der Waals surface area contributed by atoms with Gasteiger partial charge in [0.2, 0.25) is 11.8 Å². The minimum absolute atomic E-state index is 0.0300. The molecule has 0 bridgehead atoms. The number of anilines is 1. The number of methoxy groups -OCH3 is 1. The lowest BCUT2D eigenvalue weighted by molar-refractivity contribution is -0.136. The normalized spacial score (nSPS) is 19.3. The summed E-state index contributed by atoms with van der Waals surface area (Å²) in [4.78, 5) is 36.9. The molecule has 2 atom stereocenters. The van der Waals surface area contributed by atoms with Crippen molar-refractivity contribution >= 4 is 28.5 Å². The van der Waals surface area contributed by atoms with Gasteiger partial charge in [-0.1, -0.05) is 42.5 Å². The molecular formula is C28H32N4O3. The Bertz CT molecular complexity index is 1240. The Labute approximate surface area is 206 Å². The lowest BCUT2D eigenvalue weighted by Gasteiger charge is -2.36. The number of fused-ring (bicyclic) bond motifs is 1. The largest absolute Gasteiger partial charge is 0.494 e. The van der Waals surface area contributed by atoms with E-state index in [1.54, 1.807) is 7.11 Å². The molecule has 2 aliphatic rings. The Balaban J connectivity index is 1.24. The molecule has 2 unspecified atom stereocenters. The molecule has 0 saturated carbocycles. The Morgan fingerprint density at radius 2 is 1.80 bits per heavy atom. The molecule has 7 nitrogen and oxygen atoms in total. The zero-order valence-corrected chi connectivity index (χ0v) is 20.6. The van der Waals surface area contributed by atoms with Crippen LogP contribution in [-0.4, -0.2) is 66.4 Å². The highest BCUT2D eigenvalue weighted by molar-refractivity contribution is 5.90. The first-order valence-electron chi connectivity index (χ1n) is 12.3. The second-order valence-electron chi connectivity index (χ2n) is 9.50. The van der Waals surface area contributed by atoms with Gasteiger partial charge in [-0.3, -0.25) is 9.59 Å². The topological polar surface area (TPSA) is 66.0 Å². The zero-order valence-electron chi connectivity index (χ0n) is 20.6. The number of ether oxygens (including phenoxy) is 1. The summed E-state index contributed by atoms with van der Waals surface area (Å²) in [6.07, 6.45) is 0.293. The Morgan fingerprint density at radius 3 is 2.51 bits per heavy atom. The van der Waals surface area contributed by atoms with E-state index in [9.17, 15) is 9.59 Å². The quantitative estimate of drug-likeness (QED) is 0.565. The third-order valence-electron chi connectivity index (χ3n) is 7.39. The Kier molecular flexibility index (Phi) is 6.32. The van der Waals surface area contributed by atoms with Crippen LogP contribution in [-0.2, 0) is 9.59 Å². The highest BCUT2D eigenvalue weighted by Gasteiger charge is 2.39. The molecule has 0 aliphatic carbocycles. The van der Waals surface area contributed by atoms with Crippen molar-refractivity contribution in [3.63, 3.8) is 0 Å². The summed E-state index contributed by atoms with van der Waals surface area (Å²) >= 11 is 0. The van der Waals surface area contributed by atoms with Crippen molar-refractivity contribution in [2.24, 2.45) is 5.92 Å². The van der Waals surface area contributed by atoms with E-state index in [4.69, 9.17) is 9.72 Å². The van der Waals surface area contributed by atoms with Gasteiger partial charge in [-0.05, 0) is 37.1 Å². The average Bonchev–Trinajstić information content (AvgIpc) is 3.29. The van der Waals surface area contributed by atoms with Crippen LogP contribution in [0, 0.1) is 12.8 Å². The van der Waals surface area contributed by atoms with Gasteiger partial charge in [-0.25, -0.2) is 4.98 Å². The Morgan fingerprint density at radius 1 is 1.06 bits per heavy atom. The van der Waals surface area contributed by atoms with Gasteiger partial charge in [0.1, 0.15) is 17.1 Å². The summed E-state index contributed by atoms with van der Waals surface area (Å²) in [5, 5.41) is 1.09. The molecule has 3 aromatic rings. The van der Waals surface area contributed by atoms with Crippen molar-refractivity contribution in [1.82, 2.24) is 14.8 Å². The monoisotopic (exact) mass is 472 g/mol. The molecule has 0 spiro atoms. The average molecular weight is 473 g/mol. The number of aryl methyl sites for hydroxylation is 1. The maximum atomic E-state index is 13.3. The van der Waals surface area contributed by atoms with E-state index in [0.717, 1.165) is 33.6 Å². The van der Waals surface area contributed by atoms with Gasteiger partial charge < -0.3 is 19.4 Å². The van der Waals surface area contributed by atoms with E-state index in [0.29, 0.717) is 39.1 Å². The van der Waals surface area contributed by atoms with Crippen molar-refractivity contribution in [1.29, 1.82) is 0 Å². The molecule has 1 aromatic heterocycles. The van der Waals surface area contributed by atoms with E-state index >= 15 is 0 Å². The van der Waals surface area contributed by atoms with Crippen LogP contribution < -0.4 is 9.64 Å². The molecule has 2 amide bonds. The van der Waals surface area contributed by atoms with Gasteiger partial charge in [0.15, 0.2) is 0 Å². The third-order valence-corrected chi connectivity index (χ3v) is 7.39. The minimum atomic E-state index is -0.273. The Hall–Kier alpha value is -3.61. The minimum Gasteiger partial charge on any atom is -0.494 e. The van der Waals surface area contributed by atoms with Crippen LogP contribution in [0.3, 0.4) is 0 Å². The number of nitrogens with zero attached hydrogens (tertiary/aromatic N) is 4. The summed E-state index contributed by atoms with van der Waals surface area (Å²) in [6, 6.07) is 18.1. The van der Waals surface area contributed by atoms with Crippen molar-refractivity contribution in [2.45, 2.75) is 26.3 Å². The first-order chi connectivity index (χ1) is 17.0. The smallest absolute Gasteiger partial charge is 0.228 e. The van der Waals surface area contributed by atoms with E-state index in [1.165, 1.54) is 0 Å². The fourth-order valence-corrected chi connectivity index (χ4v) is 5.30. The third kappa shape index (κ3) is 4.43. The van der Waals surface area contributed by atoms with E-state index in [2.05, 4.69) is 24.0 Å². The molecule has 5 rings (SSSR count). The number of piperazine rings is 1. The van der Waals surface area contributed by atoms with Gasteiger partial charge in [0, 0.05) is 44.5 Å². The molecule has 182 valence electrons. The molecule has 0 N–H and O–H groups in total. The molecule has 3 heterocycles. The second kappa shape index (κ2) is 9.56. The van der Waals surface area contributed by atoms with Crippen molar-refractivity contribution in [3.8, 4) is 5.75 Å². The van der Waals surface area contributed by atoms with Crippen LogP contribution in [0.25, 0.3) is 10.9 Å². The molecule has 2 aliphatic heterocycles. The number of hydrogen-bond acceptors (Lipinski definition) is 5. The van der Waals surface area contributed by atoms with E-state index in [-0.39, 0.29) is 23.8 Å². The maximum absolute atomic E-state index is 13.3. The predicted molar refractivity (Wildman–Crippen MR) is 137 cm³/mol. The molecule has 2 fully saturated rings. The fraction of sp³-hybridized carbons (Fsp3) is 0.393. The van der Waals surface area contributed by atoms with Crippen molar-refractivity contribution in [2.75, 3.05) is 44.7 Å². The number of carbonyl (C=O) groups excluding carboxylic acids is 2. The summed E-state index contributed by atoms with van der Waals surface area (Å²) in [7, 11) is 1.67. The number of pyridine rings is 1. The number of aromatic nitrogens is 1. The van der Waals surface area contributed by atoms with Gasteiger partial charge in [0.05, 0.1) is 19.1 Å². The summed E-state index contributed by atoms with van der Waals surface area (Å²) in [5.74, 6) is 1.55. The number of amides is 2. The van der Waals surface area contributed by atoms with E-state index in [1.807, 2.05) is 59.2 Å². The summed E-state index contributed by atoms with van der Waals surface area (Å²) in [5.41, 5.74) is 3.11. The van der Waals surface area contributed by atoms with Gasteiger partial charge in [0.25, 0.3) is 0 Å². The van der Waals surface area contributed by atoms with E-state index < -0.39 is 0 Å². The lowest BCUT2D eigenvalue weighted by atomic mass is 10.1. The highest BCUT2D eigenvalue weighted by Crippen LogP contribution is 2.31. The molecule has 35 heavy (non-hydrogen) atoms. The van der Waals surface area contributed by atoms with Crippen LogP contribution in [0.15, 0.2) is 54.6 Å². The van der Waals surface area contributed by atoms with Crippen LogP contribution in [0.4, 0.5) is 5.82 Å². The predicted octanol–water partition coefficient (Wildman–Crippen LogP) is 3.81. The lowest BCUT2D eigenvalue weighted by Crippen LogP contribution is -2.51. The first kappa shape index (κ1) is 23.1. The fourth-order valence-electron chi connectivity index (χ4n) is 5.30. The van der Waals surface area contributed by atoms with Crippen molar-refractivity contribution < 1.29 is 14.3 Å². The molecule has 2 saturated heterocycles. The van der Waals surface area contributed by atoms with Crippen LogP contribution in [0.5, 0.6) is 5.75 Å². The van der Waals surface area contributed by atoms with Gasteiger partial charge >= 0.3 is 0 Å². The standard InChI is InChI=1S/C28H32N4O3/c1-19-16-25(29-27-23(19)10-7-11-24(27)35-3)30-12-14-31(15-13-30)28(34)22-17-26(33)32(18-22)20(2)21-8-5-4-6-9-21/h4-11,16,20,22H,12-15,17-18H2,1-3H3. The molecule has 0 radical (unpaired) electrons. The summed E-state index contributed by atoms with van der Waals surface area (Å²) in [6.45, 7) is 7.29. The molecule has 2 aromatic carbocycles. The van der Waals surface area contributed by atoms with Gasteiger partial charge in [-0.15, -0.1) is 0 Å². The van der Waals surface area contributed by atoms with Crippen molar-refractivity contribution in [3.05, 3.63) is 65.7 Å². The number of benzene rings is 2. The maximum Gasteiger partial charge on any atom is 0.228 e. The number of carbonyl (C=O) groups is 2. The zero-order chi connectivity index (χ0) is 24.5. The number of rotatable bonds is 5. The van der Waals surface area contributed by atoms with Crippen LogP contribution >= 0.6 is 0 Å². The second-order valence-corrected chi connectivity index (χ2v) is 9.50. The van der Waals surface area contributed by atoms with Gasteiger partial charge in [-0.2, -0.15) is 0 Å². The number of para-hydroxylation sites is 1. The molecular weight excluding hydrogens is 440 g/mol. The van der Waals surface area contributed by atoms with Crippen LogP contribution in [0.2, 0.25) is 0 Å². The van der Waals surface area contributed by atoms with Crippen LogP contribution in [0.1, 0.15) is 30.5 Å². The summed E-state index contributed by atoms with van der Waals surface area (Å²) < 4.78 is 5.53. The number of likely N-dealkylation sites (tertiary alicyclic amines) is 1. The first-order valence-corrected chi connectivity index (χ1v) is 12.3. The highest BCUT2D eigenvalue weighted by atomic mass is 16.5.